The lowest BCUT2D eigenvalue weighted by Gasteiger charge is -2.22. The quantitative estimate of drug-likeness (QED) is 0.320. The molecule has 0 saturated heterocycles. The summed E-state index contributed by atoms with van der Waals surface area (Å²) >= 11 is 0. The Labute approximate surface area is 188 Å². The third-order valence-corrected chi connectivity index (χ3v) is 6.49. The number of allylic oxidation sites excluding steroid dienone is 1. The first kappa shape index (κ1) is 21.9. The van der Waals surface area contributed by atoms with Crippen molar-refractivity contribution in [1.29, 1.82) is 0 Å². The molecule has 0 bridgehead atoms. The van der Waals surface area contributed by atoms with E-state index in [-0.39, 0.29) is 23.3 Å². The van der Waals surface area contributed by atoms with Crippen molar-refractivity contribution in [3.05, 3.63) is 77.4 Å². The number of aromatic hydroxyl groups is 4. The van der Waals surface area contributed by atoms with Gasteiger partial charge >= 0.3 is 0 Å². The summed E-state index contributed by atoms with van der Waals surface area (Å²) in [5, 5.41) is 39.4. The molecule has 0 spiro atoms. The fraction of sp³-hybridized carbons (Fsp3) is 0.333. The number of aromatic nitrogens is 1. The Morgan fingerprint density at radius 1 is 0.688 bits per heavy atom. The lowest BCUT2D eigenvalue weighted by Crippen LogP contribution is -2.06. The van der Waals surface area contributed by atoms with E-state index < -0.39 is 0 Å². The number of unbranched alkanes of at least 4 members (excludes halogenated alkanes) is 1. The van der Waals surface area contributed by atoms with Crippen molar-refractivity contribution in [1.82, 2.24) is 4.57 Å². The van der Waals surface area contributed by atoms with Crippen LogP contribution in [-0.2, 0) is 6.54 Å². The maximum absolute atomic E-state index is 9.90. The first-order chi connectivity index (χ1) is 15.5. The van der Waals surface area contributed by atoms with Gasteiger partial charge in [-0.2, -0.15) is 0 Å². The number of nitrogens with zero attached hydrogens (tertiary/aromatic N) is 1. The number of hydrogen-bond acceptors (Lipinski definition) is 4. The van der Waals surface area contributed by atoms with Gasteiger partial charge in [0.05, 0.1) is 0 Å². The molecule has 1 aromatic heterocycles. The van der Waals surface area contributed by atoms with Gasteiger partial charge < -0.3 is 20.4 Å². The van der Waals surface area contributed by atoms with Gasteiger partial charge in [0, 0.05) is 18.7 Å². The highest BCUT2D eigenvalue weighted by molar-refractivity contribution is 5.83. The molecule has 1 aliphatic carbocycles. The average molecular weight is 434 g/mol. The van der Waals surface area contributed by atoms with E-state index in [1.807, 2.05) is 24.3 Å². The summed E-state index contributed by atoms with van der Waals surface area (Å²) in [7, 11) is 0. The van der Waals surface area contributed by atoms with Crippen LogP contribution in [0.4, 0.5) is 0 Å². The molecule has 4 N–H and O–H groups in total. The first-order valence-electron chi connectivity index (χ1n) is 11.4. The largest absolute Gasteiger partial charge is 0.508 e. The van der Waals surface area contributed by atoms with Crippen molar-refractivity contribution >= 4 is 5.57 Å². The van der Waals surface area contributed by atoms with Gasteiger partial charge in [0.25, 0.3) is 0 Å². The van der Waals surface area contributed by atoms with E-state index in [1.54, 1.807) is 24.3 Å². The Morgan fingerprint density at radius 2 is 1.19 bits per heavy atom. The molecule has 3 aromatic rings. The minimum Gasteiger partial charge on any atom is -0.508 e. The van der Waals surface area contributed by atoms with Crippen molar-refractivity contribution in [2.24, 2.45) is 5.92 Å². The molecule has 5 nitrogen and oxygen atoms in total. The molecule has 4 rings (SSSR count). The van der Waals surface area contributed by atoms with Gasteiger partial charge in [-0.25, -0.2) is 0 Å². The van der Waals surface area contributed by atoms with Crippen LogP contribution in [0, 0.1) is 5.92 Å². The van der Waals surface area contributed by atoms with E-state index in [0.29, 0.717) is 12.5 Å². The van der Waals surface area contributed by atoms with Gasteiger partial charge in [0.2, 0.25) is 0 Å². The van der Waals surface area contributed by atoms with E-state index in [0.717, 1.165) is 30.4 Å². The molecule has 5 heteroatoms. The van der Waals surface area contributed by atoms with Crippen LogP contribution < -0.4 is 0 Å². The molecule has 168 valence electrons. The zero-order chi connectivity index (χ0) is 22.5. The number of phenolic OH excluding ortho intramolecular Hbond substituents is 2. The van der Waals surface area contributed by atoms with Crippen LogP contribution in [0.1, 0.15) is 56.1 Å². The molecule has 0 atom stereocenters. The summed E-state index contributed by atoms with van der Waals surface area (Å²) < 4.78 is 1.53. The van der Waals surface area contributed by atoms with Gasteiger partial charge in [-0.05, 0) is 79.0 Å². The highest BCUT2D eigenvalue weighted by Crippen LogP contribution is 2.41. The molecule has 1 aliphatic rings. The molecule has 0 unspecified atom stereocenters. The maximum atomic E-state index is 9.90. The second kappa shape index (κ2) is 9.86. The normalized spacial score (nSPS) is 14.0. The number of hydrogen-bond donors (Lipinski definition) is 4. The van der Waals surface area contributed by atoms with Crippen molar-refractivity contribution < 1.29 is 20.4 Å². The Balaban J connectivity index is 1.66. The maximum Gasteiger partial charge on any atom is 0.193 e. The highest BCUT2D eigenvalue weighted by atomic mass is 16.3. The standard InChI is InChI=1S/C27H31NO4/c29-22-12-8-20(9-13-22)27(21-10-14-23(30)15-11-21)24(19-5-1-2-6-19)7-3-4-18-28-25(31)16-17-26(28)32/h8-17,19,29-32H,1-7,18H2. The van der Waals surface area contributed by atoms with E-state index in [9.17, 15) is 20.4 Å². The van der Waals surface area contributed by atoms with Crippen LogP contribution >= 0.6 is 0 Å². The Kier molecular flexibility index (Phi) is 6.74. The smallest absolute Gasteiger partial charge is 0.193 e. The minimum absolute atomic E-state index is 0.0861. The molecule has 0 amide bonds. The Morgan fingerprint density at radius 3 is 1.69 bits per heavy atom. The van der Waals surface area contributed by atoms with Crippen LogP contribution in [0.5, 0.6) is 23.3 Å². The molecule has 1 heterocycles. The lowest BCUT2D eigenvalue weighted by molar-refractivity contribution is 0.362. The van der Waals surface area contributed by atoms with E-state index in [2.05, 4.69) is 0 Å². The molecule has 1 saturated carbocycles. The van der Waals surface area contributed by atoms with Gasteiger partial charge in [-0.15, -0.1) is 0 Å². The number of rotatable bonds is 8. The molecule has 2 aromatic carbocycles. The van der Waals surface area contributed by atoms with Gasteiger partial charge in [0.1, 0.15) is 11.5 Å². The fourth-order valence-corrected chi connectivity index (χ4v) is 4.86. The Bertz CT molecular complexity index is 991. The van der Waals surface area contributed by atoms with Gasteiger partial charge in [0.15, 0.2) is 11.8 Å². The number of benzene rings is 2. The summed E-state index contributed by atoms with van der Waals surface area (Å²) in [5.41, 5.74) is 4.73. The van der Waals surface area contributed by atoms with Crippen LogP contribution in [-0.4, -0.2) is 25.0 Å². The molecule has 32 heavy (non-hydrogen) atoms. The van der Waals surface area contributed by atoms with Crippen LogP contribution in [0.2, 0.25) is 0 Å². The third kappa shape index (κ3) is 4.93. The van der Waals surface area contributed by atoms with Crippen molar-refractivity contribution in [3.63, 3.8) is 0 Å². The van der Waals surface area contributed by atoms with Crippen LogP contribution in [0.3, 0.4) is 0 Å². The predicted molar refractivity (Wildman–Crippen MR) is 126 cm³/mol. The Hall–Kier alpha value is -3.34. The van der Waals surface area contributed by atoms with E-state index >= 15 is 0 Å². The van der Waals surface area contributed by atoms with Crippen molar-refractivity contribution in [2.45, 2.75) is 51.5 Å². The van der Waals surface area contributed by atoms with Gasteiger partial charge in [-0.3, -0.25) is 4.57 Å². The molecular formula is C27H31NO4. The SMILES string of the molecule is Oc1ccc(C(=C(CCCCn2c(O)ccc2O)C2CCCC2)c2ccc(O)cc2)cc1. The van der Waals surface area contributed by atoms with E-state index in [1.165, 1.54) is 53.5 Å². The van der Waals surface area contributed by atoms with Crippen molar-refractivity contribution in [3.8, 4) is 23.3 Å². The molecule has 0 radical (unpaired) electrons. The lowest BCUT2D eigenvalue weighted by atomic mass is 9.83. The first-order valence-corrected chi connectivity index (χ1v) is 11.4. The second-order valence-corrected chi connectivity index (χ2v) is 8.63. The zero-order valence-electron chi connectivity index (χ0n) is 18.2. The summed E-state index contributed by atoms with van der Waals surface area (Å²) in [6.45, 7) is 0.566. The zero-order valence-corrected chi connectivity index (χ0v) is 18.2. The summed E-state index contributed by atoms with van der Waals surface area (Å²) in [6.07, 6.45) is 7.51. The summed E-state index contributed by atoms with van der Waals surface area (Å²) in [6, 6.07) is 17.7. The topological polar surface area (TPSA) is 85.9 Å². The molecular weight excluding hydrogens is 402 g/mol. The fourth-order valence-electron chi connectivity index (χ4n) is 4.86. The van der Waals surface area contributed by atoms with Crippen LogP contribution in [0.15, 0.2) is 66.2 Å². The van der Waals surface area contributed by atoms with Crippen LogP contribution in [0.25, 0.3) is 5.57 Å². The summed E-state index contributed by atoms with van der Waals surface area (Å²) in [4.78, 5) is 0. The average Bonchev–Trinajstić information content (AvgIpc) is 3.43. The molecule has 1 fully saturated rings. The summed E-state index contributed by atoms with van der Waals surface area (Å²) in [5.74, 6) is 1.17. The minimum atomic E-state index is 0.0861. The van der Waals surface area contributed by atoms with Gasteiger partial charge in [-0.1, -0.05) is 42.7 Å². The highest BCUT2D eigenvalue weighted by Gasteiger charge is 2.24. The monoisotopic (exact) mass is 433 g/mol. The second-order valence-electron chi connectivity index (χ2n) is 8.63. The molecule has 0 aliphatic heterocycles. The van der Waals surface area contributed by atoms with Crippen molar-refractivity contribution in [2.75, 3.05) is 0 Å². The van der Waals surface area contributed by atoms with E-state index in [4.69, 9.17) is 0 Å². The predicted octanol–water partition coefficient (Wildman–Crippen LogP) is 6.17. The third-order valence-electron chi connectivity index (χ3n) is 6.49. The number of phenols is 2.